The Kier molecular flexibility index (Phi) is 2.76. The van der Waals surface area contributed by atoms with Gasteiger partial charge in [0, 0.05) is 6.20 Å². The second-order valence-corrected chi connectivity index (χ2v) is 4.19. The first-order chi connectivity index (χ1) is 7.82. The van der Waals surface area contributed by atoms with Gasteiger partial charge in [0.1, 0.15) is 3.70 Å². The molecule has 0 aliphatic heterocycles. The van der Waals surface area contributed by atoms with Crippen molar-refractivity contribution in [1.82, 2.24) is 9.38 Å². The number of imidazole rings is 1. The van der Waals surface area contributed by atoms with E-state index in [-0.39, 0.29) is 9.39 Å². The fourth-order valence-corrected chi connectivity index (χ4v) is 2.14. The van der Waals surface area contributed by atoms with Crippen molar-refractivity contribution in [3.63, 3.8) is 0 Å². The molecule has 0 aromatic carbocycles. The van der Waals surface area contributed by atoms with Gasteiger partial charge in [-0.15, -0.1) is 0 Å². The highest BCUT2D eigenvalue weighted by Gasteiger charge is 2.34. The van der Waals surface area contributed by atoms with Crippen LogP contribution in [0.1, 0.15) is 16.1 Å². The van der Waals surface area contributed by atoms with E-state index in [0.717, 1.165) is 10.5 Å². The molecule has 0 saturated carbocycles. The molecule has 0 spiro atoms. The summed E-state index contributed by atoms with van der Waals surface area (Å²) in [5, 5.41) is 8.80. The molecule has 0 unspecified atom stereocenters. The Balaban J connectivity index is 2.83. The quantitative estimate of drug-likeness (QED) is 0.800. The van der Waals surface area contributed by atoms with Gasteiger partial charge in [0.25, 0.3) is 0 Å². The van der Waals surface area contributed by atoms with Gasteiger partial charge in [-0.05, 0) is 34.7 Å². The average molecular weight is 356 g/mol. The van der Waals surface area contributed by atoms with Gasteiger partial charge >= 0.3 is 12.1 Å². The molecule has 0 fully saturated rings. The number of halogens is 4. The van der Waals surface area contributed by atoms with Crippen molar-refractivity contribution in [2.24, 2.45) is 0 Å². The van der Waals surface area contributed by atoms with Crippen LogP contribution in [0.2, 0.25) is 0 Å². The number of pyridine rings is 1. The van der Waals surface area contributed by atoms with Gasteiger partial charge in [-0.3, -0.25) is 4.40 Å². The second-order valence-electron chi connectivity index (χ2n) is 3.17. The number of carboxylic acid groups (broad SMARTS) is 1. The maximum Gasteiger partial charge on any atom is 0.419 e. The summed E-state index contributed by atoms with van der Waals surface area (Å²) in [7, 11) is 0. The van der Waals surface area contributed by atoms with Crippen molar-refractivity contribution in [1.29, 1.82) is 0 Å². The van der Waals surface area contributed by atoms with Crippen LogP contribution in [0.5, 0.6) is 0 Å². The number of carboxylic acids is 1. The summed E-state index contributed by atoms with van der Waals surface area (Å²) < 4.78 is 39.2. The van der Waals surface area contributed by atoms with Crippen molar-refractivity contribution in [3.8, 4) is 0 Å². The molecule has 0 amide bonds. The number of nitrogens with zero attached hydrogens (tertiary/aromatic N) is 2. The van der Waals surface area contributed by atoms with Crippen LogP contribution in [0, 0.1) is 3.70 Å². The Bertz CT molecular complexity index is 606. The van der Waals surface area contributed by atoms with Crippen LogP contribution < -0.4 is 0 Å². The summed E-state index contributed by atoms with van der Waals surface area (Å²) in [6.45, 7) is 0. The summed E-state index contributed by atoms with van der Waals surface area (Å²) in [5.41, 5.74) is -1.74. The molecule has 0 bridgehead atoms. The van der Waals surface area contributed by atoms with Crippen LogP contribution in [0.25, 0.3) is 5.65 Å². The van der Waals surface area contributed by atoms with E-state index < -0.39 is 23.4 Å². The zero-order valence-corrected chi connectivity index (χ0v) is 10.2. The molecular weight excluding hydrogens is 352 g/mol. The SMILES string of the molecule is O=C(O)c1nc2c(C(F)(F)F)cccn2c1I. The Morgan fingerprint density at radius 3 is 2.65 bits per heavy atom. The van der Waals surface area contributed by atoms with Crippen molar-refractivity contribution in [2.75, 3.05) is 0 Å². The number of carbonyl (C=O) groups is 1. The second kappa shape index (κ2) is 3.86. The Morgan fingerprint density at radius 2 is 2.12 bits per heavy atom. The maximum absolute atomic E-state index is 12.7. The molecule has 1 N–H and O–H groups in total. The smallest absolute Gasteiger partial charge is 0.419 e. The zero-order valence-electron chi connectivity index (χ0n) is 7.99. The Labute approximate surface area is 106 Å². The number of aromatic nitrogens is 2. The maximum atomic E-state index is 12.7. The lowest BCUT2D eigenvalue weighted by Crippen LogP contribution is -2.07. The Morgan fingerprint density at radius 1 is 1.47 bits per heavy atom. The van der Waals surface area contributed by atoms with E-state index in [1.807, 2.05) is 0 Å². The predicted molar refractivity (Wildman–Crippen MR) is 59.9 cm³/mol. The highest BCUT2D eigenvalue weighted by atomic mass is 127. The van der Waals surface area contributed by atoms with Crippen LogP contribution in [0.3, 0.4) is 0 Å². The third-order valence-corrected chi connectivity index (χ3v) is 3.13. The van der Waals surface area contributed by atoms with Crippen LogP contribution in [0.15, 0.2) is 18.3 Å². The molecule has 0 saturated heterocycles. The van der Waals surface area contributed by atoms with E-state index in [0.29, 0.717) is 0 Å². The highest BCUT2D eigenvalue weighted by molar-refractivity contribution is 14.1. The lowest BCUT2D eigenvalue weighted by molar-refractivity contribution is -0.136. The molecule has 17 heavy (non-hydrogen) atoms. The molecule has 0 radical (unpaired) electrons. The summed E-state index contributed by atoms with van der Waals surface area (Å²) in [5.74, 6) is -1.36. The molecule has 0 aliphatic rings. The number of hydrogen-bond donors (Lipinski definition) is 1. The van der Waals surface area contributed by atoms with Gasteiger partial charge in [0.05, 0.1) is 5.56 Å². The van der Waals surface area contributed by atoms with Crippen molar-refractivity contribution in [2.45, 2.75) is 6.18 Å². The third kappa shape index (κ3) is 1.96. The third-order valence-electron chi connectivity index (χ3n) is 2.10. The minimum atomic E-state index is -4.56. The van der Waals surface area contributed by atoms with Crippen LogP contribution in [0.4, 0.5) is 13.2 Å². The molecule has 4 nitrogen and oxygen atoms in total. The number of hydrogen-bond acceptors (Lipinski definition) is 2. The standard InChI is InChI=1S/C9H4F3IN2O2/c10-9(11,12)4-2-1-3-15-6(13)5(8(16)17)14-7(4)15/h1-3H,(H,16,17). The first-order valence-electron chi connectivity index (χ1n) is 4.29. The molecule has 2 aromatic rings. The van der Waals surface area contributed by atoms with Crippen molar-refractivity contribution in [3.05, 3.63) is 33.3 Å². The summed E-state index contributed by atoms with van der Waals surface area (Å²) in [6, 6.07) is 2.06. The zero-order chi connectivity index (χ0) is 12.8. The van der Waals surface area contributed by atoms with Gasteiger partial charge in [0.2, 0.25) is 0 Å². The van der Waals surface area contributed by atoms with Crippen LogP contribution in [-0.2, 0) is 6.18 Å². The summed E-state index contributed by atoms with van der Waals surface area (Å²) in [4.78, 5) is 14.3. The van der Waals surface area contributed by atoms with Gasteiger partial charge in [-0.1, -0.05) is 0 Å². The van der Waals surface area contributed by atoms with Crippen LogP contribution in [-0.4, -0.2) is 20.5 Å². The molecular formula is C9H4F3IN2O2. The van der Waals surface area contributed by atoms with Crippen molar-refractivity contribution < 1.29 is 23.1 Å². The topological polar surface area (TPSA) is 54.6 Å². The molecule has 0 atom stereocenters. The molecule has 90 valence electrons. The first kappa shape index (κ1) is 12.1. The van der Waals surface area contributed by atoms with Gasteiger partial charge in [-0.25, -0.2) is 9.78 Å². The van der Waals surface area contributed by atoms with E-state index >= 15 is 0 Å². The first-order valence-corrected chi connectivity index (χ1v) is 5.37. The minimum Gasteiger partial charge on any atom is -0.476 e. The fourth-order valence-electron chi connectivity index (χ4n) is 1.40. The Hall–Kier alpha value is -1.32. The predicted octanol–water partition coefficient (Wildman–Crippen LogP) is 2.66. The lowest BCUT2D eigenvalue weighted by atomic mass is 10.2. The number of fused-ring (bicyclic) bond motifs is 1. The summed E-state index contributed by atoms with van der Waals surface area (Å²) in [6.07, 6.45) is -3.22. The van der Waals surface area contributed by atoms with Gasteiger partial charge in [-0.2, -0.15) is 13.2 Å². The number of rotatable bonds is 1. The van der Waals surface area contributed by atoms with Gasteiger partial charge < -0.3 is 5.11 Å². The number of aromatic carboxylic acids is 1. The molecule has 2 heterocycles. The molecule has 2 rings (SSSR count). The van der Waals surface area contributed by atoms with E-state index in [4.69, 9.17) is 5.11 Å². The van der Waals surface area contributed by atoms with E-state index in [2.05, 4.69) is 4.98 Å². The lowest BCUT2D eigenvalue weighted by Gasteiger charge is -2.07. The molecule has 0 aliphatic carbocycles. The number of alkyl halides is 3. The van der Waals surface area contributed by atoms with E-state index in [9.17, 15) is 18.0 Å². The largest absolute Gasteiger partial charge is 0.476 e. The average Bonchev–Trinajstić information content (AvgIpc) is 2.55. The highest BCUT2D eigenvalue weighted by Crippen LogP contribution is 2.32. The van der Waals surface area contributed by atoms with Crippen LogP contribution >= 0.6 is 22.6 Å². The molecule has 8 heteroatoms. The summed E-state index contributed by atoms with van der Waals surface area (Å²) >= 11 is 1.65. The fraction of sp³-hybridized carbons (Fsp3) is 0.111. The van der Waals surface area contributed by atoms with Gasteiger partial charge in [0.15, 0.2) is 11.3 Å². The van der Waals surface area contributed by atoms with E-state index in [1.54, 1.807) is 22.6 Å². The normalized spacial score (nSPS) is 12.0. The minimum absolute atomic E-state index is 0.135. The van der Waals surface area contributed by atoms with Crippen molar-refractivity contribution >= 4 is 34.2 Å². The monoisotopic (exact) mass is 356 g/mol. The molecule has 2 aromatic heterocycles. The van der Waals surface area contributed by atoms with E-state index in [1.165, 1.54) is 12.3 Å².